The van der Waals surface area contributed by atoms with Crippen LogP contribution in [-0.2, 0) is 0 Å². The first kappa shape index (κ1) is 13.3. The molecule has 0 saturated heterocycles. The highest BCUT2D eigenvalue weighted by Crippen LogP contribution is 2.29. The maximum Gasteiger partial charge on any atom is 0.182 e. The third-order valence-electron chi connectivity index (χ3n) is 3.04. The Labute approximate surface area is 128 Å². The zero-order valence-electron chi connectivity index (χ0n) is 10.5. The topological polar surface area (TPSA) is 29.9 Å². The summed E-state index contributed by atoms with van der Waals surface area (Å²) < 4.78 is 21.8. The van der Waals surface area contributed by atoms with Crippen molar-refractivity contribution in [2.45, 2.75) is 0 Å². The Morgan fingerprint density at radius 3 is 2.80 bits per heavy atom. The number of aromatic amines is 1. The Hall–Kier alpha value is -1.66. The summed E-state index contributed by atoms with van der Waals surface area (Å²) in [6, 6.07) is 10.2. The number of H-pyrrole nitrogens is 1. The number of ether oxygens (including phenoxy) is 1. The SMILES string of the molecule is COc1cc(-n2c(=S)[nH]c3cc(F)ccc32)ccc1Br. The van der Waals surface area contributed by atoms with Gasteiger partial charge in [-0.3, -0.25) is 4.57 Å². The van der Waals surface area contributed by atoms with Crippen molar-refractivity contribution in [1.82, 2.24) is 9.55 Å². The second-order valence-electron chi connectivity index (χ2n) is 4.25. The van der Waals surface area contributed by atoms with Gasteiger partial charge in [-0.05, 0) is 58.5 Å². The number of nitrogens with zero attached hydrogens (tertiary/aromatic N) is 1. The molecule has 0 aliphatic carbocycles. The number of halogens is 2. The number of methoxy groups -OCH3 is 1. The average Bonchev–Trinajstić information content (AvgIpc) is 2.74. The van der Waals surface area contributed by atoms with E-state index in [2.05, 4.69) is 20.9 Å². The maximum absolute atomic E-state index is 13.3. The van der Waals surface area contributed by atoms with Crippen LogP contribution in [0.1, 0.15) is 0 Å². The molecule has 0 bridgehead atoms. The fourth-order valence-electron chi connectivity index (χ4n) is 2.13. The van der Waals surface area contributed by atoms with Crippen LogP contribution in [0, 0.1) is 10.6 Å². The molecule has 1 aromatic heterocycles. The number of fused-ring (bicyclic) bond motifs is 1. The zero-order valence-corrected chi connectivity index (χ0v) is 12.9. The van der Waals surface area contributed by atoms with Gasteiger partial charge >= 0.3 is 0 Å². The molecule has 0 saturated carbocycles. The molecule has 20 heavy (non-hydrogen) atoms. The minimum absolute atomic E-state index is 0.297. The molecule has 0 aliphatic rings. The molecule has 0 spiro atoms. The van der Waals surface area contributed by atoms with Gasteiger partial charge in [-0.25, -0.2) is 4.39 Å². The highest BCUT2D eigenvalue weighted by molar-refractivity contribution is 9.10. The molecule has 6 heteroatoms. The predicted octanol–water partition coefficient (Wildman–Crippen LogP) is 4.60. The summed E-state index contributed by atoms with van der Waals surface area (Å²) in [5.74, 6) is 0.412. The van der Waals surface area contributed by atoms with Crippen molar-refractivity contribution in [3.8, 4) is 11.4 Å². The molecule has 2 aromatic carbocycles. The van der Waals surface area contributed by atoms with E-state index < -0.39 is 0 Å². The highest BCUT2D eigenvalue weighted by atomic mass is 79.9. The van der Waals surface area contributed by atoms with Crippen molar-refractivity contribution >= 4 is 39.2 Å². The first-order chi connectivity index (χ1) is 9.60. The highest BCUT2D eigenvalue weighted by Gasteiger charge is 2.09. The van der Waals surface area contributed by atoms with Gasteiger partial charge in [0.1, 0.15) is 11.6 Å². The van der Waals surface area contributed by atoms with Crippen LogP contribution in [0.15, 0.2) is 40.9 Å². The fraction of sp³-hybridized carbons (Fsp3) is 0.0714. The Balaban J connectivity index is 2.29. The summed E-state index contributed by atoms with van der Waals surface area (Å²) in [4.78, 5) is 3.00. The van der Waals surface area contributed by atoms with E-state index in [0.717, 1.165) is 15.7 Å². The largest absolute Gasteiger partial charge is 0.495 e. The quantitative estimate of drug-likeness (QED) is 0.683. The van der Waals surface area contributed by atoms with Crippen molar-refractivity contribution in [2.75, 3.05) is 7.11 Å². The second-order valence-corrected chi connectivity index (χ2v) is 5.49. The lowest BCUT2D eigenvalue weighted by Gasteiger charge is -2.08. The van der Waals surface area contributed by atoms with E-state index in [4.69, 9.17) is 17.0 Å². The van der Waals surface area contributed by atoms with Crippen molar-refractivity contribution < 1.29 is 9.13 Å². The number of benzene rings is 2. The maximum atomic E-state index is 13.3. The fourth-order valence-corrected chi connectivity index (χ4v) is 2.85. The molecule has 0 amide bonds. The molecular formula is C14H10BrFN2OS. The average molecular weight is 353 g/mol. The van der Waals surface area contributed by atoms with Crippen molar-refractivity contribution in [1.29, 1.82) is 0 Å². The van der Waals surface area contributed by atoms with Crippen LogP contribution in [0.2, 0.25) is 0 Å². The smallest absolute Gasteiger partial charge is 0.182 e. The van der Waals surface area contributed by atoms with E-state index in [0.29, 0.717) is 16.0 Å². The zero-order chi connectivity index (χ0) is 14.3. The molecule has 0 aliphatic heterocycles. The van der Waals surface area contributed by atoms with Crippen LogP contribution in [0.3, 0.4) is 0 Å². The second kappa shape index (κ2) is 5.03. The summed E-state index contributed by atoms with van der Waals surface area (Å²) in [6.07, 6.45) is 0. The standard InChI is InChI=1S/C14H10BrFN2OS/c1-19-13-7-9(3-4-10(13)15)18-12-5-2-8(16)6-11(12)17-14(18)20/h2-7H,1H3,(H,17,20). The molecule has 3 rings (SSSR count). The number of imidazole rings is 1. The van der Waals surface area contributed by atoms with E-state index in [1.807, 2.05) is 22.8 Å². The first-order valence-electron chi connectivity index (χ1n) is 5.84. The van der Waals surface area contributed by atoms with Gasteiger partial charge in [0.15, 0.2) is 4.77 Å². The Morgan fingerprint density at radius 1 is 1.25 bits per heavy atom. The molecule has 1 heterocycles. The molecular weight excluding hydrogens is 343 g/mol. The van der Waals surface area contributed by atoms with Gasteiger partial charge < -0.3 is 9.72 Å². The van der Waals surface area contributed by atoms with E-state index in [-0.39, 0.29) is 5.82 Å². The third-order valence-corrected chi connectivity index (χ3v) is 3.98. The van der Waals surface area contributed by atoms with Gasteiger partial charge in [-0.1, -0.05) is 0 Å². The molecule has 3 nitrogen and oxygen atoms in total. The summed E-state index contributed by atoms with van der Waals surface area (Å²) in [5, 5.41) is 0. The van der Waals surface area contributed by atoms with Gasteiger partial charge in [0.2, 0.25) is 0 Å². The van der Waals surface area contributed by atoms with Crippen LogP contribution < -0.4 is 4.74 Å². The van der Waals surface area contributed by atoms with Crippen LogP contribution in [-0.4, -0.2) is 16.7 Å². The minimum atomic E-state index is -0.297. The summed E-state index contributed by atoms with van der Waals surface area (Å²) in [6.45, 7) is 0. The van der Waals surface area contributed by atoms with E-state index in [1.165, 1.54) is 12.1 Å². The lowest BCUT2D eigenvalue weighted by Crippen LogP contribution is -1.95. The van der Waals surface area contributed by atoms with Gasteiger partial charge in [0.25, 0.3) is 0 Å². The first-order valence-corrected chi connectivity index (χ1v) is 7.04. The molecule has 0 radical (unpaired) electrons. The summed E-state index contributed by atoms with van der Waals surface area (Å²) in [5.41, 5.74) is 2.34. The van der Waals surface area contributed by atoms with Crippen molar-refractivity contribution in [3.63, 3.8) is 0 Å². The molecule has 3 aromatic rings. The van der Waals surface area contributed by atoms with Crippen LogP contribution in [0.25, 0.3) is 16.7 Å². The van der Waals surface area contributed by atoms with E-state index in [1.54, 1.807) is 13.2 Å². The van der Waals surface area contributed by atoms with Gasteiger partial charge in [-0.2, -0.15) is 0 Å². The lowest BCUT2D eigenvalue weighted by atomic mass is 10.2. The third kappa shape index (κ3) is 2.14. The molecule has 0 unspecified atom stereocenters. The Bertz CT molecular complexity index is 856. The minimum Gasteiger partial charge on any atom is -0.495 e. The summed E-state index contributed by atoms with van der Waals surface area (Å²) >= 11 is 8.74. The van der Waals surface area contributed by atoms with Crippen LogP contribution >= 0.6 is 28.1 Å². The molecule has 0 fully saturated rings. The summed E-state index contributed by atoms with van der Waals surface area (Å²) in [7, 11) is 1.60. The number of aromatic nitrogens is 2. The van der Waals surface area contributed by atoms with Crippen LogP contribution in [0.5, 0.6) is 5.75 Å². The number of hydrogen-bond acceptors (Lipinski definition) is 2. The number of rotatable bonds is 2. The van der Waals surface area contributed by atoms with Gasteiger partial charge in [0.05, 0.1) is 28.3 Å². The van der Waals surface area contributed by atoms with E-state index in [9.17, 15) is 4.39 Å². The predicted molar refractivity (Wildman–Crippen MR) is 82.7 cm³/mol. The Morgan fingerprint density at radius 2 is 2.05 bits per heavy atom. The van der Waals surface area contributed by atoms with Gasteiger partial charge in [-0.15, -0.1) is 0 Å². The normalized spacial score (nSPS) is 10.9. The van der Waals surface area contributed by atoms with Gasteiger partial charge in [0, 0.05) is 6.07 Å². The van der Waals surface area contributed by atoms with Crippen molar-refractivity contribution in [3.05, 3.63) is 51.5 Å². The van der Waals surface area contributed by atoms with Crippen molar-refractivity contribution in [2.24, 2.45) is 0 Å². The number of hydrogen-bond donors (Lipinski definition) is 1. The molecule has 0 atom stereocenters. The van der Waals surface area contributed by atoms with Crippen LogP contribution in [0.4, 0.5) is 4.39 Å². The molecule has 102 valence electrons. The monoisotopic (exact) mass is 352 g/mol. The lowest BCUT2D eigenvalue weighted by molar-refractivity contribution is 0.412. The number of nitrogens with one attached hydrogen (secondary N) is 1. The molecule has 1 N–H and O–H groups in total. The van der Waals surface area contributed by atoms with E-state index >= 15 is 0 Å². The Kier molecular flexibility index (Phi) is 3.35.